The first-order valence-corrected chi connectivity index (χ1v) is 11.0. The van der Waals surface area contributed by atoms with Gasteiger partial charge in [0.15, 0.2) is 0 Å². The van der Waals surface area contributed by atoms with Crippen LogP contribution in [0.1, 0.15) is 44.1 Å². The molecule has 174 valence electrons. The summed E-state index contributed by atoms with van der Waals surface area (Å²) in [5.41, 5.74) is 5.69. The molecule has 4 rings (SSSR count). The highest BCUT2D eigenvalue weighted by molar-refractivity contribution is 6.60. The van der Waals surface area contributed by atoms with Crippen LogP contribution < -0.4 is 10.4 Å². The van der Waals surface area contributed by atoms with Crippen LogP contribution in [0.3, 0.4) is 0 Å². The summed E-state index contributed by atoms with van der Waals surface area (Å²) in [6.07, 6.45) is -0.661. The molecule has 7 nitrogen and oxygen atoms in total. The normalized spacial score (nSPS) is 12.2. The van der Waals surface area contributed by atoms with Gasteiger partial charge >= 0.3 is 19.2 Å². The van der Waals surface area contributed by atoms with Gasteiger partial charge in [0, 0.05) is 13.0 Å². The SMILES string of the molecule is Cc1c(B(O)O)c(C)c(N(C)C(=O)OCC2c3ccccc3-c3ccccc32)c(C)c1C(=O)O. The Bertz CT molecular complexity index is 1260. The molecule has 1 aliphatic carbocycles. The van der Waals surface area contributed by atoms with E-state index in [2.05, 4.69) is 12.1 Å². The highest BCUT2D eigenvalue weighted by atomic mass is 16.6. The second kappa shape index (κ2) is 8.97. The molecule has 0 saturated carbocycles. The highest BCUT2D eigenvalue weighted by Gasteiger charge is 2.32. The number of carboxylic acid groups (broad SMARTS) is 1. The van der Waals surface area contributed by atoms with Gasteiger partial charge in [0.25, 0.3) is 0 Å². The summed E-state index contributed by atoms with van der Waals surface area (Å²) in [4.78, 5) is 26.2. The molecule has 8 heteroatoms. The maximum absolute atomic E-state index is 13.1. The van der Waals surface area contributed by atoms with Crippen molar-refractivity contribution in [1.82, 2.24) is 0 Å². The van der Waals surface area contributed by atoms with Crippen molar-refractivity contribution in [2.75, 3.05) is 18.6 Å². The Morgan fingerprint density at radius 2 is 1.44 bits per heavy atom. The summed E-state index contributed by atoms with van der Waals surface area (Å²) in [6.45, 7) is 4.86. The van der Waals surface area contributed by atoms with Crippen LogP contribution in [0, 0.1) is 20.8 Å². The summed E-state index contributed by atoms with van der Waals surface area (Å²) < 4.78 is 5.71. The number of aromatic carboxylic acids is 1. The Balaban J connectivity index is 1.65. The lowest BCUT2D eigenvalue weighted by Gasteiger charge is -2.26. The molecule has 0 spiro atoms. The molecule has 3 aromatic carbocycles. The van der Waals surface area contributed by atoms with E-state index in [0.717, 1.165) is 22.3 Å². The standard InChI is InChI=1S/C26H26BNO6/c1-14-22(25(29)30)15(2)24(16(3)23(14)27(32)33)28(4)26(31)34-13-21-19-11-7-5-9-17(19)18-10-6-8-12-20(18)21/h5-12,21,32-33H,13H2,1-4H3,(H,29,30). The molecule has 0 fully saturated rings. The summed E-state index contributed by atoms with van der Waals surface area (Å²) in [7, 11) is -0.392. The summed E-state index contributed by atoms with van der Waals surface area (Å²) in [5.74, 6) is -1.33. The number of hydrogen-bond donors (Lipinski definition) is 3. The van der Waals surface area contributed by atoms with Gasteiger partial charge in [-0.25, -0.2) is 9.59 Å². The molecule has 0 unspecified atom stereocenters. The van der Waals surface area contributed by atoms with Crippen molar-refractivity contribution in [3.05, 3.63) is 81.9 Å². The Morgan fingerprint density at radius 1 is 0.912 bits per heavy atom. The highest BCUT2D eigenvalue weighted by Crippen LogP contribution is 2.44. The van der Waals surface area contributed by atoms with E-state index in [0.29, 0.717) is 11.1 Å². The second-order valence-corrected chi connectivity index (χ2v) is 8.55. The van der Waals surface area contributed by atoms with Crippen LogP contribution in [0.15, 0.2) is 48.5 Å². The van der Waals surface area contributed by atoms with Crippen LogP contribution in [0.2, 0.25) is 0 Å². The van der Waals surface area contributed by atoms with Crippen LogP contribution in [0.4, 0.5) is 10.5 Å². The quantitative estimate of drug-likeness (QED) is 0.505. The van der Waals surface area contributed by atoms with Gasteiger partial charge in [-0.15, -0.1) is 0 Å². The van der Waals surface area contributed by atoms with Crippen LogP contribution in [0.25, 0.3) is 11.1 Å². The van der Waals surface area contributed by atoms with Gasteiger partial charge in [0.2, 0.25) is 0 Å². The lowest BCUT2D eigenvalue weighted by Crippen LogP contribution is -2.39. The van der Waals surface area contributed by atoms with E-state index >= 15 is 0 Å². The minimum Gasteiger partial charge on any atom is -0.478 e. The van der Waals surface area contributed by atoms with E-state index in [1.54, 1.807) is 13.8 Å². The van der Waals surface area contributed by atoms with Crippen molar-refractivity contribution in [2.24, 2.45) is 0 Å². The van der Waals surface area contributed by atoms with Crippen molar-refractivity contribution in [3.8, 4) is 11.1 Å². The second-order valence-electron chi connectivity index (χ2n) is 8.55. The van der Waals surface area contributed by atoms with Gasteiger partial charge in [0.05, 0.1) is 11.3 Å². The van der Waals surface area contributed by atoms with Gasteiger partial charge in [-0.1, -0.05) is 48.5 Å². The molecule has 0 atom stereocenters. The predicted molar refractivity (Wildman–Crippen MR) is 131 cm³/mol. The van der Waals surface area contributed by atoms with E-state index in [1.807, 2.05) is 36.4 Å². The Morgan fingerprint density at radius 3 is 1.94 bits per heavy atom. The van der Waals surface area contributed by atoms with Gasteiger partial charge < -0.3 is 19.9 Å². The molecule has 34 heavy (non-hydrogen) atoms. The minimum absolute atomic E-state index is 0.0660. The number of anilines is 1. The monoisotopic (exact) mass is 459 g/mol. The number of rotatable bonds is 5. The number of carbonyl (C=O) groups is 2. The third-order valence-electron chi connectivity index (χ3n) is 6.69. The Labute approximate surface area is 198 Å². The fourth-order valence-electron chi connectivity index (χ4n) is 5.22. The number of hydrogen-bond acceptors (Lipinski definition) is 5. The minimum atomic E-state index is -1.88. The van der Waals surface area contributed by atoms with Crippen molar-refractivity contribution < 1.29 is 29.5 Å². The molecule has 1 aliphatic rings. The average Bonchev–Trinajstić information content (AvgIpc) is 3.10. The van der Waals surface area contributed by atoms with Crippen molar-refractivity contribution in [1.29, 1.82) is 0 Å². The van der Waals surface area contributed by atoms with Crippen LogP contribution in [-0.2, 0) is 4.74 Å². The topological polar surface area (TPSA) is 107 Å². The van der Waals surface area contributed by atoms with Gasteiger partial charge in [0.1, 0.15) is 6.61 Å². The lowest BCUT2D eigenvalue weighted by molar-refractivity contribution is 0.0695. The Hall–Kier alpha value is -3.62. The van der Waals surface area contributed by atoms with E-state index in [9.17, 15) is 24.7 Å². The number of carboxylic acids is 1. The smallest absolute Gasteiger partial charge is 0.478 e. The predicted octanol–water partition coefficient (Wildman–Crippen LogP) is 3.38. The van der Waals surface area contributed by atoms with E-state index in [-0.39, 0.29) is 34.8 Å². The molecular formula is C26H26BNO6. The van der Waals surface area contributed by atoms with E-state index in [4.69, 9.17) is 4.74 Å². The molecule has 0 heterocycles. The summed E-state index contributed by atoms with van der Waals surface area (Å²) in [6, 6.07) is 16.0. The van der Waals surface area contributed by atoms with Gasteiger partial charge in [-0.3, -0.25) is 4.90 Å². The van der Waals surface area contributed by atoms with Gasteiger partial charge in [-0.2, -0.15) is 0 Å². The molecule has 0 aliphatic heterocycles. The zero-order valence-electron chi connectivity index (χ0n) is 19.5. The van der Waals surface area contributed by atoms with Crippen molar-refractivity contribution >= 4 is 30.3 Å². The average molecular weight is 459 g/mol. The summed E-state index contributed by atoms with van der Waals surface area (Å²) in [5, 5.41) is 29.5. The van der Waals surface area contributed by atoms with Crippen LogP contribution in [-0.4, -0.2) is 48.0 Å². The largest absolute Gasteiger partial charge is 0.489 e. The number of benzene rings is 3. The fourth-order valence-corrected chi connectivity index (χ4v) is 5.22. The molecule has 0 radical (unpaired) electrons. The molecular weight excluding hydrogens is 433 g/mol. The number of carbonyl (C=O) groups excluding carboxylic acids is 1. The Kier molecular flexibility index (Phi) is 6.21. The molecule has 0 saturated heterocycles. The first-order valence-electron chi connectivity index (χ1n) is 11.0. The van der Waals surface area contributed by atoms with E-state index in [1.165, 1.54) is 18.9 Å². The molecule has 1 amide bonds. The van der Waals surface area contributed by atoms with Crippen LogP contribution >= 0.6 is 0 Å². The van der Waals surface area contributed by atoms with Gasteiger partial charge in [-0.05, 0) is 65.2 Å². The lowest BCUT2D eigenvalue weighted by atomic mass is 9.71. The summed E-state index contributed by atoms with van der Waals surface area (Å²) >= 11 is 0. The van der Waals surface area contributed by atoms with E-state index < -0.39 is 19.2 Å². The first kappa shape index (κ1) is 23.5. The molecule has 3 aromatic rings. The number of amides is 1. The zero-order chi connectivity index (χ0) is 24.7. The number of fused-ring (bicyclic) bond motifs is 3. The maximum Gasteiger partial charge on any atom is 0.489 e. The fraction of sp³-hybridized carbons (Fsp3) is 0.231. The first-order chi connectivity index (χ1) is 16.1. The molecule has 0 aromatic heterocycles. The van der Waals surface area contributed by atoms with Crippen LogP contribution in [0.5, 0.6) is 0 Å². The zero-order valence-corrected chi connectivity index (χ0v) is 19.5. The third kappa shape index (κ3) is 3.75. The van der Waals surface area contributed by atoms with Crippen molar-refractivity contribution in [2.45, 2.75) is 26.7 Å². The number of nitrogens with zero attached hydrogens (tertiary/aromatic N) is 1. The number of ether oxygens (including phenoxy) is 1. The maximum atomic E-state index is 13.1. The molecule has 0 bridgehead atoms. The third-order valence-corrected chi connectivity index (χ3v) is 6.69. The molecule has 3 N–H and O–H groups in total. The van der Waals surface area contributed by atoms with Crippen molar-refractivity contribution in [3.63, 3.8) is 0 Å².